The molecule has 0 aromatic rings. The fourth-order valence-electron chi connectivity index (χ4n) is 5.85. The van der Waals surface area contributed by atoms with E-state index >= 15 is 0 Å². The van der Waals surface area contributed by atoms with Crippen LogP contribution in [0.1, 0.15) is 213 Å². The fraction of sp³-hybridized carbons (Fsp3) is 0.850. The van der Waals surface area contributed by atoms with Gasteiger partial charge < -0.3 is 4.79 Å². The Morgan fingerprint density at radius 2 is 0.738 bits per heavy atom. The number of carbonyl (C=O) groups excluding carboxylic acids is 2. The van der Waals surface area contributed by atoms with Crippen LogP contribution in [-0.2, 0) is 9.59 Å². The molecule has 0 aliphatic heterocycles. The lowest BCUT2D eigenvalue weighted by Gasteiger charge is -2.06. The lowest BCUT2D eigenvalue weighted by Crippen LogP contribution is -2.13. The van der Waals surface area contributed by atoms with Gasteiger partial charge in [-0.1, -0.05) is 186 Å². The van der Waals surface area contributed by atoms with E-state index in [4.69, 9.17) is 0 Å². The van der Waals surface area contributed by atoms with Gasteiger partial charge in [0.25, 0.3) is 0 Å². The molecule has 0 spiro atoms. The predicted molar refractivity (Wildman–Crippen MR) is 187 cm³/mol. The molecule has 0 amide bonds. The molecule has 0 heterocycles. The van der Waals surface area contributed by atoms with Crippen molar-refractivity contribution in [2.45, 2.75) is 213 Å². The maximum Gasteiger partial charge on any atom is 0.165 e. The zero-order chi connectivity index (χ0) is 30.6. The number of aldehydes is 1. The highest BCUT2D eigenvalue weighted by atomic mass is 16.1. The maximum atomic E-state index is 12.4. The Morgan fingerprint density at radius 3 is 1.10 bits per heavy atom. The predicted octanol–water partition coefficient (Wildman–Crippen LogP) is 13.6. The Kier molecular flexibility index (Phi) is 35.0. The third-order valence-corrected chi connectivity index (χ3v) is 8.81. The van der Waals surface area contributed by atoms with E-state index in [1.54, 1.807) is 6.08 Å². The van der Waals surface area contributed by atoms with Gasteiger partial charge in [0.05, 0.1) is 5.92 Å². The van der Waals surface area contributed by atoms with Gasteiger partial charge in [0.2, 0.25) is 0 Å². The van der Waals surface area contributed by atoms with Gasteiger partial charge in [-0.15, -0.1) is 0 Å². The molecule has 1 atom stereocenters. The topological polar surface area (TPSA) is 34.1 Å². The van der Waals surface area contributed by atoms with Gasteiger partial charge in [-0.05, 0) is 51.0 Å². The molecule has 0 aromatic heterocycles. The molecule has 1 unspecified atom stereocenters. The molecule has 0 saturated carbocycles. The number of allylic oxidation sites excluding steroid dienone is 4. The third kappa shape index (κ3) is 31.7. The number of rotatable bonds is 35. The van der Waals surface area contributed by atoms with E-state index in [1.165, 1.54) is 161 Å². The van der Waals surface area contributed by atoms with E-state index in [-0.39, 0.29) is 5.78 Å². The fourth-order valence-corrected chi connectivity index (χ4v) is 5.85. The van der Waals surface area contributed by atoms with Crippen molar-refractivity contribution in [2.24, 2.45) is 5.92 Å². The van der Waals surface area contributed by atoms with Gasteiger partial charge in [-0.2, -0.15) is 0 Å². The van der Waals surface area contributed by atoms with Gasteiger partial charge in [0, 0.05) is 0 Å². The van der Waals surface area contributed by atoms with Crippen LogP contribution in [-0.4, -0.2) is 12.1 Å². The van der Waals surface area contributed by atoms with Crippen LogP contribution in [0.3, 0.4) is 0 Å². The summed E-state index contributed by atoms with van der Waals surface area (Å²) in [6, 6.07) is 0. The van der Waals surface area contributed by atoms with E-state index < -0.39 is 5.92 Å². The van der Waals surface area contributed by atoms with Gasteiger partial charge in [-0.3, -0.25) is 4.79 Å². The highest BCUT2D eigenvalue weighted by molar-refractivity contribution is 6.00. The summed E-state index contributed by atoms with van der Waals surface area (Å²) in [6.07, 6.45) is 49.5. The van der Waals surface area contributed by atoms with Crippen LogP contribution in [0.25, 0.3) is 0 Å². The average molecular weight is 587 g/mol. The quantitative estimate of drug-likeness (QED) is 0.0243. The first-order valence-corrected chi connectivity index (χ1v) is 19.1. The standard InChI is InChI=1S/C40H74O2/c1-3-5-7-9-11-13-15-17-19-21-23-25-27-29-31-33-35-37-40(42)39(38-41)36-34-32-30-28-26-24-22-20-18-16-14-12-10-8-6-4-2/h22,24,35,37-39H,3-21,23,25-34,36H2,1-2H3. The maximum absolute atomic E-state index is 12.4. The Morgan fingerprint density at radius 1 is 0.429 bits per heavy atom. The molecule has 0 fully saturated rings. The summed E-state index contributed by atoms with van der Waals surface area (Å²) in [5.41, 5.74) is 0. The number of unbranched alkanes of at least 4 members (excludes halogenated alkanes) is 27. The molecule has 246 valence electrons. The first-order chi connectivity index (χ1) is 20.8. The van der Waals surface area contributed by atoms with E-state index in [2.05, 4.69) is 26.0 Å². The summed E-state index contributed by atoms with van der Waals surface area (Å²) in [4.78, 5) is 23.9. The van der Waals surface area contributed by atoms with Gasteiger partial charge in [0.15, 0.2) is 5.78 Å². The largest absolute Gasteiger partial charge is 0.303 e. The Bertz CT molecular complexity index is 605. The Balaban J connectivity index is 3.51. The highest BCUT2D eigenvalue weighted by Crippen LogP contribution is 2.15. The van der Waals surface area contributed by atoms with Gasteiger partial charge >= 0.3 is 0 Å². The van der Waals surface area contributed by atoms with Crippen LogP contribution < -0.4 is 0 Å². The van der Waals surface area contributed by atoms with Crippen molar-refractivity contribution in [2.75, 3.05) is 0 Å². The second-order valence-electron chi connectivity index (χ2n) is 13.0. The summed E-state index contributed by atoms with van der Waals surface area (Å²) >= 11 is 0. The minimum Gasteiger partial charge on any atom is -0.303 e. The van der Waals surface area contributed by atoms with Crippen molar-refractivity contribution in [3.63, 3.8) is 0 Å². The Hall–Kier alpha value is -1.18. The normalized spacial score (nSPS) is 12.5. The van der Waals surface area contributed by atoms with Crippen LogP contribution in [0.2, 0.25) is 0 Å². The van der Waals surface area contributed by atoms with E-state index in [0.29, 0.717) is 6.42 Å². The van der Waals surface area contributed by atoms with Crippen molar-refractivity contribution in [1.82, 2.24) is 0 Å². The first kappa shape index (κ1) is 40.8. The van der Waals surface area contributed by atoms with E-state index in [1.807, 2.05) is 6.08 Å². The average Bonchev–Trinajstić information content (AvgIpc) is 3.00. The van der Waals surface area contributed by atoms with Gasteiger partial charge in [-0.25, -0.2) is 0 Å². The highest BCUT2D eigenvalue weighted by Gasteiger charge is 2.14. The van der Waals surface area contributed by atoms with Crippen LogP contribution in [0.5, 0.6) is 0 Å². The molecule has 42 heavy (non-hydrogen) atoms. The summed E-state index contributed by atoms with van der Waals surface area (Å²) < 4.78 is 0. The van der Waals surface area contributed by atoms with Crippen molar-refractivity contribution in [3.8, 4) is 0 Å². The monoisotopic (exact) mass is 587 g/mol. The summed E-state index contributed by atoms with van der Waals surface area (Å²) in [7, 11) is 0. The number of hydrogen-bond acceptors (Lipinski definition) is 2. The zero-order valence-corrected chi connectivity index (χ0v) is 28.7. The molecule has 2 heteroatoms. The third-order valence-electron chi connectivity index (χ3n) is 8.81. The number of carbonyl (C=O) groups is 2. The minimum absolute atomic E-state index is 0.00912. The number of hydrogen-bond donors (Lipinski definition) is 0. The molecule has 0 aliphatic rings. The molecule has 0 radical (unpaired) electrons. The second-order valence-corrected chi connectivity index (χ2v) is 13.0. The SMILES string of the molecule is CCCCCCCCCCC=CCCCCCCC(C=O)C(=O)C=CCCCCCCCCCCCCCCCCC. The van der Waals surface area contributed by atoms with Gasteiger partial charge in [0.1, 0.15) is 6.29 Å². The van der Waals surface area contributed by atoms with Crippen molar-refractivity contribution >= 4 is 12.1 Å². The molecule has 0 saturated heterocycles. The Labute approximate surface area is 264 Å². The van der Waals surface area contributed by atoms with E-state index in [9.17, 15) is 9.59 Å². The molecule has 0 rings (SSSR count). The summed E-state index contributed by atoms with van der Waals surface area (Å²) in [5.74, 6) is -0.427. The number of ketones is 1. The van der Waals surface area contributed by atoms with Crippen LogP contribution >= 0.6 is 0 Å². The molecule has 0 bridgehead atoms. The lowest BCUT2D eigenvalue weighted by molar-refractivity contribution is -0.124. The molecule has 2 nitrogen and oxygen atoms in total. The summed E-state index contributed by atoms with van der Waals surface area (Å²) in [5, 5.41) is 0. The van der Waals surface area contributed by atoms with Crippen molar-refractivity contribution in [1.29, 1.82) is 0 Å². The molecular formula is C40H74O2. The van der Waals surface area contributed by atoms with Crippen molar-refractivity contribution < 1.29 is 9.59 Å². The first-order valence-electron chi connectivity index (χ1n) is 19.1. The summed E-state index contributed by atoms with van der Waals surface area (Å²) in [6.45, 7) is 4.56. The smallest absolute Gasteiger partial charge is 0.165 e. The second kappa shape index (κ2) is 36.0. The van der Waals surface area contributed by atoms with Crippen LogP contribution in [0.4, 0.5) is 0 Å². The molecule has 0 aliphatic carbocycles. The van der Waals surface area contributed by atoms with Crippen LogP contribution in [0.15, 0.2) is 24.3 Å². The molecule has 0 aromatic carbocycles. The minimum atomic E-state index is -0.436. The molecular weight excluding hydrogens is 512 g/mol. The lowest BCUT2D eigenvalue weighted by atomic mass is 9.97. The van der Waals surface area contributed by atoms with E-state index in [0.717, 1.165) is 38.4 Å². The van der Waals surface area contributed by atoms with Crippen LogP contribution in [0, 0.1) is 5.92 Å². The molecule has 0 N–H and O–H groups in total. The van der Waals surface area contributed by atoms with Crippen molar-refractivity contribution in [3.05, 3.63) is 24.3 Å². The zero-order valence-electron chi connectivity index (χ0n) is 28.7.